The van der Waals surface area contributed by atoms with E-state index in [9.17, 15) is 9.90 Å². The van der Waals surface area contributed by atoms with Crippen LogP contribution >= 0.6 is 11.3 Å². The zero-order chi connectivity index (χ0) is 17.3. The summed E-state index contributed by atoms with van der Waals surface area (Å²) in [5.74, 6) is -0.177. The highest BCUT2D eigenvalue weighted by Crippen LogP contribution is 2.24. The van der Waals surface area contributed by atoms with Crippen molar-refractivity contribution in [3.8, 4) is 0 Å². The first-order valence-corrected chi connectivity index (χ1v) is 8.72. The third-order valence-corrected chi connectivity index (χ3v) is 5.16. The normalized spacial score (nSPS) is 12.3. The van der Waals surface area contributed by atoms with Crippen LogP contribution in [0, 0.1) is 20.8 Å². The highest BCUT2D eigenvalue weighted by molar-refractivity contribution is 7.10. The van der Waals surface area contributed by atoms with Gasteiger partial charge in [0.1, 0.15) is 6.10 Å². The van der Waals surface area contributed by atoms with Crippen LogP contribution in [0.4, 0.5) is 0 Å². The fourth-order valence-corrected chi connectivity index (χ4v) is 3.46. The minimum Gasteiger partial charge on any atom is -0.386 e. The number of aliphatic hydroxyl groups is 1. The standard InChI is InChI=1S/C19H20N2O2S/c1-11-6-7-15-14(9-11)18(12(2)13(3)21-15)19(23)20-10-16(22)17-5-4-8-24-17/h4-9,16,22H,10H2,1-3H3,(H,20,23)/t16-/m1/s1. The minimum atomic E-state index is -0.690. The lowest BCUT2D eigenvalue weighted by Crippen LogP contribution is -2.29. The van der Waals surface area contributed by atoms with Crippen LogP contribution in [-0.4, -0.2) is 22.5 Å². The number of aliphatic hydroxyl groups excluding tert-OH is 1. The van der Waals surface area contributed by atoms with Gasteiger partial charge in [0.2, 0.25) is 0 Å². The molecule has 0 aliphatic carbocycles. The predicted octanol–water partition coefficient (Wildman–Crippen LogP) is 3.68. The highest BCUT2D eigenvalue weighted by Gasteiger charge is 2.18. The number of rotatable bonds is 4. The quantitative estimate of drug-likeness (QED) is 0.761. The van der Waals surface area contributed by atoms with Crippen LogP contribution in [0.3, 0.4) is 0 Å². The van der Waals surface area contributed by atoms with Gasteiger partial charge in [-0.05, 0) is 49.9 Å². The van der Waals surface area contributed by atoms with Crippen LogP contribution in [0.25, 0.3) is 10.9 Å². The van der Waals surface area contributed by atoms with Gasteiger partial charge in [0.15, 0.2) is 0 Å². The number of hydrogen-bond donors (Lipinski definition) is 2. The van der Waals surface area contributed by atoms with Crippen molar-refractivity contribution in [3.63, 3.8) is 0 Å². The number of nitrogens with zero attached hydrogens (tertiary/aromatic N) is 1. The number of fused-ring (bicyclic) bond motifs is 1. The Morgan fingerprint density at radius 3 is 2.79 bits per heavy atom. The molecule has 3 aromatic rings. The van der Waals surface area contributed by atoms with E-state index in [0.29, 0.717) is 5.56 Å². The number of aromatic nitrogens is 1. The molecule has 2 heterocycles. The van der Waals surface area contributed by atoms with E-state index in [2.05, 4.69) is 10.3 Å². The highest BCUT2D eigenvalue weighted by atomic mass is 32.1. The predicted molar refractivity (Wildman–Crippen MR) is 97.6 cm³/mol. The number of benzene rings is 1. The molecule has 4 nitrogen and oxygen atoms in total. The van der Waals surface area contributed by atoms with Crippen molar-refractivity contribution >= 4 is 28.1 Å². The molecule has 1 atom stereocenters. The van der Waals surface area contributed by atoms with E-state index in [1.165, 1.54) is 11.3 Å². The van der Waals surface area contributed by atoms with Crippen molar-refractivity contribution in [2.75, 3.05) is 6.54 Å². The SMILES string of the molecule is Cc1ccc2nc(C)c(C)c(C(=O)NC[C@@H](O)c3cccs3)c2c1. The fraction of sp³-hybridized carbons (Fsp3) is 0.263. The first kappa shape index (κ1) is 16.6. The molecule has 3 rings (SSSR count). The van der Waals surface area contributed by atoms with E-state index in [-0.39, 0.29) is 12.5 Å². The second-order valence-corrected chi connectivity index (χ2v) is 6.94. The molecule has 2 aromatic heterocycles. The molecule has 0 aliphatic heterocycles. The summed E-state index contributed by atoms with van der Waals surface area (Å²) in [5, 5.41) is 15.8. The molecule has 1 aromatic carbocycles. The largest absolute Gasteiger partial charge is 0.386 e. The molecule has 1 amide bonds. The number of carbonyl (C=O) groups is 1. The van der Waals surface area contributed by atoms with Crippen LogP contribution in [0.1, 0.15) is 38.2 Å². The number of hydrogen-bond acceptors (Lipinski definition) is 4. The summed E-state index contributed by atoms with van der Waals surface area (Å²) < 4.78 is 0. The lowest BCUT2D eigenvalue weighted by molar-refractivity contribution is 0.0919. The summed E-state index contributed by atoms with van der Waals surface area (Å²) in [5.41, 5.74) is 4.25. The molecule has 0 saturated heterocycles. The summed E-state index contributed by atoms with van der Waals surface area (Å²) >= 11 is 1.48. The summed E-state index contributed by atoms with van der Waals surface area (Å²) in [6.45, 7) is 6.00. The third kappa shape index (κ3) is 3.18. The maximum atomic E-state index is 12.8. The Labute approximate surface area is 145 Å². The Balaban J connectivity index is 1.91. The van der Waals surface area contributed by atoms with Crippen molar-refractivity contribution in [1.82, 2.24) is 10.3 Å². The Hall–Kier alpha value is -2.24. The van der Waals surface area contributed by atoms with Crippen molar-refractivity contribution in [3.05, 3.63) is 63.0 Å². The summed E-state index contributed by atoms with van der Waals surface area (Å²) in [4.78, 5) is 18.2. The first-order valence-electron chi connectivity index (χ1n) is 7.84. The Bertz CT molecular complexity index is 888. The van der Waals surface area contributed by atoms with E-state index in [1.807, 2.05) is 56.5 Å². The summed E-state index contributed by atoms with van der Waals surface area (Å²) in [6.07, 6.45) is -0.690. The molecule has 0 unspecified atom stereocenters. The van der Waals surface area contributed by atoms with Gasteiger partial charge < -0.3 is 10.4 Å². The van der Waals surface area contributed by atoms with E-state index in [4.69, 9.17) is 0 Å². The smallest absolute Gasteiger partial charge is 0.252 e. The topological polar surface area (TPSA) is 62.2 Å². The molecule has 0 fully saturated rings. The van der Waals surface area contributed by atoms with Crippen molar-refractivity contribution in [2.24, 2.45) is 0 Å². The average Bonchev–Trinajstić information content (AvgIpc) is 3.08. The second-order valence-electron chi connectivity index (χ2n) is 5.96. The van der Waals surface area contributed by atoms with Gasteiger partial charge in [0.05, 0.1) is 11.1 Å². The van der Waals surface area contributed by atoms with E-state index in [0.717, 1.165) is 32.6 Å². The van der Waals surface area contributed by atoms with E-state index < -0.39 is 6.10 Å². The maximum Gasteiger partial charge on any atom is 0.252 e. The van der Waals surface area contributed by atoms with E-state index >= 15 is 0 Å². The van der Waals surface area contributed by atoms with E-state index in [1.54, 1.807) is 0 Å². The zero-order valence-corrected chi connectivity index (χ0v) is 14.8. The molecular weight excluding hydrogens is 320 g/mol. The number of carbonyl (C=O) groups excluding carboxylic acids is 1. The Kier molecular flexibility index (Phi) is 4.64. The number of thiophene rings is 1. The average molecular weight is 340 g/mol. The first-order chi connectivity index (χ1) is 11.5. The van der Waals surface area contributed by atoms with Crippen LogP contribution in [0.15, 0.2) is 35.7 Å². The van der Waals surface area contributed by atoms with Crippen LogP contribution < -0.4 is 5.32 Å². The summed E-state index contributed by atoms with van der Waals surface area (Å²) in [7, 11) is 0. The number of nitrogens with one attached hydrogen (secondary N) is 1. The van der Waals surface area contributed by atoms with Crippen LogP contribution in [-0.2, 0) is 0 Å². The van der Waals surface area contributed by atoms with Crippen LogP contribution in [0.5, 0.6) is 0 Å². The van der Waals surface area contributed by atoms with Crippen molar-refractivity contribution in [1.29, 1.82) is 0 Å². The van der Waals surface area contributed by atoms with Gasteiger partial charge in [-0.15, -0.1) is 11.3 Å². The number of aryl methyl sites for hydroxylation is 2. The van der Waals surface area contributed by atoms with Crippen LogP contribution in [0.2, 0.25) is 0 Å². The third-order valence-electron chi connectivity index (χ3n) is 4.18. The summed E-state index contributed by atoms with van der Waals surface area (Å²) in [6, 6.07) is 9.67. The lowest BCUT2D eigenvalue weighted by Gasteiger charge is -2.15. The Morgan fingerprint density at radius 2 is 2.08 bits per heavy atom. The second kappa shape index (κ2) is 6.71. The maximum absolute atomic E-state index is 12.8. The van der Waals surface area contributed by atoms with Gasteiger partial charge in [-0.3, -0.25) is 9.78 Å². The van der Waals surface area contributed by atoms with Gasteiger partial charge in [-0.25, -0.2) is 0 Å². The number of pyridine rings is 1. The molecule has 24 heavy (non-hydrogen) atoms. The minimum absolute atomic E-state index is 0.177. The number of amides is 1. The zero-order valence-electron chi connectivity index (χ0n) is 14.0. The molecular formula is C19H20N2O2S. The molecule has 0 aliphatic rings. The monoisotopic (exact) mass is 340 g/mol. The molecule has 0 bridgehead atoms. The molecule has 5 heteroatoms. The molecule has 0 radical (unpaired) electrons. The van der Waals surface area contributed by atoms with Gasteiger partial charge in [0, 0.05) is 22.5 Å². The molecule has 0 spiro atoms. The molecule has 124 valence electrons. The lowest BCUT2D eigenvalue weighted by atomic mass is 9.99. The Morgan fingerprint density at radius 1 is 1.29 bits per heavy atom. The van der Waals surface area contributed by atoms with Crippen molar-refractivity contribution < 1.29 is 9.90 Å². The molecule has 0 saturated carbocycles. The van der Waals surface area contributed by atoms with Crippen molar-refractivity contribution in [2.45, 2.75) is 26.9 Å². The van der Waals surface area contributed by atoms with Gasteiger partial charge in [0.25, 0.3) is 5.91 Å². The molecule has 2 N–H and O–H groups in total. The van der Waals surface area contributed by atoms with Gasteiger partial charge in [-0.1, -0.05) is 17.7 Å². The van der Waals surface area contributed by atoms with Gasteiger partial charge in [-0.2, -0.15) is 0 Å². The van der Waals surface area contributed by atoms with Gasteiger partial charge >= 0.3 is 0 Å². The fourth-order valence-electron chi connectivity index (χ4n) is 2.75.